The minimum absolute atomic E-state index is 0.0528. The zero-order valence-corrected chi connectivity index (χ0v) is 13.7. The molecule has 0 unspecified atom stereocenters. The van der Waals surface area contributed by atoms with Gasteiger partial charge in [-0.2, -0.15) is 0 Å². The number of nitro benzene ring substituents is 1. The van der Waals surface area contributed by atoms with Crippen LogP contribution in [0.1, 0.15) is 15.9 Å². The SMILES string of the molecule is O=C(c1ccccc1)c1ccc(Nc2ccccc2[N+](=O)[O-])c(Cl)c1. The van der Waals surface area contributed by atoms with Crippen molar-refractivity contribution < 1.29 is 9.72 Å². The van der Waals surface area contributed by atoms with E-state index in [-0.39, 0.29) is 11.5 Å². The van der Waals surface area contributed by atoms with Gasteiger partial charge in [-0.25, -0.2) is 0 Å². The number of nitro groups is 1. The highest BCUT2D eigenvalue weighted by atomic mass is 35.5. The Morgan fingerprint density at radius 2 is 1.56 bits per heavy atom. The number of carbonyl (C=O) groups is 1. The maximum Gasteiger partial charge on any atom is 0.292 e. The number of nitrogens with zero attached hydrogens (tertiary/aromatic N) is 1. The van der Waals surface area contributed by atoms with Crippen LogP contribution in [-0.2, 0) is 0 Å². The van der Waals surface area contributed by atoms with Crippen molar-refractivity contribution in [1.82, 2.24) is 0 Å². The van der Waals surface area contributed by atoms with Crippen molar-refractivity contribution in [1.29, 1.82) is 0 Å². The van der Waals surface area contributed by atoms with Crippen molar-refractivity contribution in [2.24, 2.45) is 0 Å². The second-order valence-electron chi connectivity index (χ2n) is 5.29. The van der Waals surface area contributed by atoms with Crippen molar-refractivity contribution in [3.63, 3.8) is 0 Å². The maximum atomic E-state index is 12.4. The lowest BCUT2D eigenvalue weighted by Gasteiger charge is -2.10. The van der Waals surface area contributed by atoms with Gasteiger partial charge >= 0.3 is 0 Å². The predicted octanol–water partition coefficient (Wildman–Crippen LogP) is 5.22. The molecular weight excluding hydrogens is 340 g/mol. The molecule has 3 rings (SSSR count). The second kappa shape index (κ2) is 7.15. The Hall–Kier alpha value is -3.18. The number of anilines is 2. The Morgan fingerprint density at radius 3 is 2.24 bits per heavy atom. The molecule has 0 spiro atoms. The van der Waals surface area contributed by atoms with E-state index in [2.05, 4.69) is 5.32 Å². The molecule has 6 heteroatoms. The number of hydrogen-bond acceptors (Lipinski definition) is 4. The van der Waals surface area contributed by atoms with E-state index in [0.717, 1.165) is 0 Å². The first-order valence-electron chi connectivity index (χ1n) is 7.46. The number of benzene rings is 3. The molecule has 0 atom stereocenters. The zero-order chi connectivity index (χ0) is 17.8. The van der Waals surface area contributed by atoms with Gasteiger partial charge in [0.15, 0.2) is 5.78 Å². The van der Waals surface area contributed by atoms with Gasteiger partial charge in [0.2, 0.25) is 0 Å². The molecule has 0 heterocycles. The van der Waals surface area contributed by atoms with Gasteiger partial charge in [0.25, 0.3) is 5.69 Å². The fourth-order valence-electron chi connectivity index (χ4n) is 2.40. The first-order valence-corrected chi connectivity index (χ1v) is 7.84. The fraction of sp³-hybridized carbons (Fsp3) is 0. The molecule has 3 aromatic carbocycles. The molecule has 0 saturated heterocycles. The smallest absolute Gasteiger partial charge is 0.292 e. The second-order valence-corrected chi connectivity index (χ2v) is 5.70. The summed E-state index contributed by atoms with van der Waals surface area (Å²) >= 11 is 6.26. The van der Waals surface area contributed by atoms with E-state index in [1.807, 2.05) is 6.07 Å². The number of nitrogens with one attached hydrogen (secondary N) is 1. The molecule has 0 aliphatic rings. The number of hydrogen-bond donors (Lipinski definition) is 1. The standard InChI is InChI=1S/C19H13ClN2O3/c20-15-12-14(19(23)13-6-2-1-3-7-13)10-11-16(15)21-17-8-4-5-9-18(17)22(24)25/h1-12,21H. The minimum atomic E-state index is -0.469. The summed E-state index contributed by atoms with van der Waals surface area (Å²) in [4.78, 5) is 23.1. The van der Waals surface area contributed by atoms with Crippen LogP contribution < -0.4 is 5.32 Å². The van der Waals surface area contributed by atoms with E-state index in [0.29, 0.717) is 27.5 Å². The number of carbonyl (C=O) groups excluding carboxylic acids is 1. The highest BCUT2D eigenvalue weighted by Gasteiger charge is 2.15. The van der Waals surface area contributed by atoms with Crippen LogP contribution in [0.5, 0.6) is 0 Å². The van der Waals surface area contributed by atoms with E-state index < -0.39 is 4.92 Å². The monoisotopic (exact) mass is 352 g/mol. The maximum absolute atomic E-state index is 12.4. The van der Waals surface area contributed by atoms with Crippen LogP contribution in [0, 0.1) is 10.1 Å². The zero-order valence-electron chi connectivity index (χ0n) is 13.0. The van der Waals surface area contributed by atoms with Gasteiger partial charge in [0, 0.05) is 17.2 Å². The molecule has 0 saturated carbocycles. The molecular formula is C19H13ClN2O3. The third kappa shape index (κ3) is 3.67. The Bertz CT molecular complexity index is 942. The lowest BCUT2D eigenvalue weighted by Crippen LogP contribution is -2.02. The van der Waals surface area contributed by atoms with E-state index in [1.165, 1.54) is 6.07 Å². The first-order chi connectivity index (χ1) is 12.1. The third-order valence-electron chi connectivity index (χ3n) is 3.64. The third-order valence-corrected chi connectivity index (χ3v) is 3.95. The summed E-state index contributed by atoms with van der Waals surface area (Å²) in [7, 11) is 0. The summed E-state index contributed by atoms with van der Waals surface area (Å²) in [5, 5.41) is 14.3. The Balaban J connectivity index is 1.89. The number of rotatable bonds is 5. The van der Waals surface area contributed by atoms with Crippen LogP contribution in [0.3, 0.4) is 0 Å². The normalized spacial score (nSPS) is 10.3. The van der Waals surface area contributed by atoms with Gasteiger partial charge in [-0.05, 0) is 24.3 Å². The topological polar surface area (TPSA) is 72.2 Å². The number of para-hydroxylation sites is 2. The molecule has 25 heavy (non-hydrogen) atoms. The summed E-state index contributed by atoms with van der Waals surface area (Å²) in [6, 6.07) is 20.0. The van der Waals surface area contributed by atoms with Gasteiger partial charge in [-0.1, -0.05) is 54.1 Å². The number of halogens is 1. The summed E-state index contributed by atoms with van der Waals surface area (Å²) in [5.74, 6) is -0.139. The molecule has 5 nitrogen and oxygen atoms in total. The molecule has 0 aliphatic carbocycles. The summed E-state index contributed by atoms with van der Waals surface area (Å²) in [6.07, 6.45) is 0. The van der Waals surface area contributed by atoms with Crippen molar-refractivity contribution in [2.75, 3.05) is 5.32 Å². The largest absolute Gasteiger partial charge is 0.349 e. The quantitative estimate of drug-likeness (QED) is 0.388. The average molecular weight is 353 g/mol. The molecule has 0 bridgehead atoms. The summed E-state index contributed by atoms with van der Waals surface area (Å²) in [5.41, 5.74) is 1.78. The van der Waals surface area contributed by atoms with E-state index in [4.69, 9.17) is 11.6 Å². The van der Waals surface area contributed by atoms with Crippen molar-refractivity contribution in [2.45, 2.75) is 0 Å². The highest BCUT2D eigenvalue weighted by molar-refractivity contribution is 6.34. The average Bonchev–Trinajstić information content (AvgIpc) is 2.64. The van der Waals surface area contributed by atoms with Crippen LogP contribution in [0.2, 0.25) is 5.02 Å². The lowest BCUT2D eigenvalue weighted by atomic mass is 10.0. The Kier molecular flexibility index (Phi) is 4.77. The van der Waals surface area contributed by atoms with Crippen LogP contribution in [0.25, 0.3) is 0 Å². The summed E-state index contributed by atoms with van der Waals surface area (Å²) in [6.45, 7) is 0. The Morgan fingerprint density at radius 1 is 0.880 bits per heavy atom. The Labute approximate surface area is 149 Å². The molecule has 0 aliphatic heterocycles. The van der Waals surface area contributed by atoms with Gasteiger partial charge in [-0.15, -0.1) is 0 Å². The van der Waals surface area contributed by atoms with E-state index in [1.54, 1.807) is 60.7 Å². The predicted molar refractivity (Wildman–Crippen MR) is 97.7 cm³/mol. The van der Waals surface area contributed by atoms with Gasteiger partial charge in [-0.3, -0.25) is 14.9 Å². The molecule has 0 radical (unpaired) electrons. The number of ketones is 1. The lowest BCUT2D eigenvalue weighted by molar-refractivity contribution is -0.383. The molecule has 0 aromatic heterocycles. The van der Waals surface area contributed by atoms with E-state index >= 15 is 0 Å². The van der Waals surface area contributed by atoms with Crippen LogP contribution in [0.15, 0.2) is 72.8 Å². The molecule has 3 aromatic rings. The van der Waals surface area contributed by atoms with Gasteiger partial charge in [0.05, 0.1) is 15.6 Å². The molecule has 0 fully saturated rings. The summed E-state index contributed by atoms with van der Waals surface area (Å²) < 4.78 is 0. The highest BCUT2D eigenvalue weighted by Crippen LogP contribution is 2.31. The fourth-order valence-corrected chi connectivity index (χ4v) is 2.63. The van der Waals surface area contributed by atoms with Crippen LogP contribution in [0.4, 0.5) is 17.1 Å². The van der Waals surface area contributed by atoms with Gasteiger partial charge in [0.1, 0.15) is 5.69 Å². The minimum Gasteiger partial charge on any atom is -0.349 e. The first kappa shape index (κ1) is 16.7. The van der Waals surface area contributed by atoms with Crippen molar-refractivity contribution in [3.8, 4) is 0 Å². The molecule has 124 valence electrons. The van der Waals surface area contributed by atoms with E-state index in [9.17, 15) is 14.9 Å². The van der Waals surface area contributed by atoms with Crippen LogP contribution in [-0.4, -0.2) is 10.7 Å². The molecule has 0 amide bonds. The van der Waals surface area contributed by atoms with Crippen molar-refractivity contribution in [3.05, 3.63) is 99.1 Å². The van der Waals surface area contributed by atoms with Crippen molar-refractivity contribution >= 4 is 34.4 Å². The molecule has 1 N–H and O–H groups in total. The van der Waals surface area contributed by atoms with Crippen LogP contribution >= 0.6 is 11.6 Å². The van der Waals surface area contributed by atoms with Gasteiger partial charge < -0.3 is 5.32 Å².